The van der Waals surface area contributed by atoms with Gasteiger partial charge in [0, 0.05) is 56.2 Å². The minimum atomic E-state index is -0.789. The van der Waals surface area contributed by atoms with Crippen molar-refractivity contribution < 1.29 is 9.90 Å². The van der Waals surface area contributed by atoms with Crippen LogP contribution >= 0.6 is 11.6 Å². The molecule has 0 aliphatic carbocycles. The molecule has 2 fully saturated rings. The Morgan fingerprint density at radius 2 is 1.93 bits per heavy atom. The summed E-state index contributed by atoms with van der Waals surface area (Å²) < 4.78 is 0. The van der Waals surface area contributed by atoms with E-state index >= 15 is 0 Å². The van der Waals surface area contributed by atoms with E-state index in [0.29, 0.717) is 24.9 Å². The molecule has 2 saturated heterocycles. The van der Waals surface area contributed by atoms with E-state index in [2.05, 4.69) is 33.0 Å². The largest absolute Gasteiger partial charge is 0.465 e. The summed E-state index contributed by atoms with van der Waals surface area (Å²) in [7, 11) is 0. The number of halogens is 1. The lowest BCUT2D eigenvalue weighted by Gasteiger charge is -2.25. The number of rotatable bonds is 3. The van der Waals surface area contributed by atoms with Crippen LogP contribution in [-0.2, 0) is 19.6 Å². The normalized spacial score (nSPS) is 23.9. The molecule has 3 aliphatic rings. The Balaban J connectivity index is 1.32. The fourth-order valence-electron chi connectivity index (χ4n) is 4.95. The Hall–Kier alpha value is -2.31. The van der Waals surface area contributed by atoms with Gasteiger partial charge in [-0.3, -0.25) is 9.88 Å². The predicted molar refractivity (Wildman–Crippen MR) is 107 cm³/mol. The van der Waals surface area contributed by atoms with Crippen LogP contribution in [0.25, 0.3) is 0 Å². The highest BCUT2D eigenvalue weighted by molar-refractivity contribution is 6.30. The monoisotopic (exact) mass is 398 g/mol. The van der Waals surface area contributed by atoms with E-state index in [1.165, 1.54) is 16.8 Å². The molecule has 1 amide bonds. The van der Waals surface area contributed by atoms with Crippen molar-refractivity contribution >= 4 is 23.4 Å². The highest BCUT2D eigenvalue weighted by Gasteiger charge is 2.41. The third kappa shape index (κ3) is 3.20. The van der Waals surface area contributed by atoms with E-state index in [1.807, 2.05) is 18.3 Å². The predicted octanol–water partition coefficient (Wildman–Crippen LogP) is 3.30. The average molecular weight is 399 g/mol. The molecule has 1 aromatic heterocycles. The van der Waals surface area contributed by atoms with E-state index in [9.17, 15) is 9.90 Å². The third-order valence-electron chi connectivity index (χ3n) is 6.30. The number of aromatic nitrogens is 1. The number of benzene rings is 1. The molecular formula is C21H23ClN4O2. The molecule has 146 valence electrons. The molecule has 4 heterocycles. The number of amides is 1. The Kier molecular flexibility index (Phi) is 4.40. The quantitative estimate of drug-likeness (QED) is 0.859. The van der Waals surface area contributed by atoms with Gasteiger partial charge in [0.05, 0.1) is 12.2 Å². The zero-order valence-corrected chi connectivity index (χ0v) is 16.3. The lowest BCUT2D eigenvalue weighted by atomic mass is 10.0. The maximum absolute atomic E-state index is 11.2. The van der Waals surface area contributed by atoms with Crippen molar-refractivity contribution in [3.8, 4) is 0 Å². The van der Waals surface area contributed by atoms with Gasteiger partial charge in [0.2, 0.25) is 0 Å². The Morgan fingerprint density at radius 3 is 2.64 bits per heavy atom. The van der Waals surface area contributed by atoms with Crippen LogP contribution in [0.4, 0.5) is 10.5 Å². The van der Waals surface area contributed by atoms with Gasteiger partial charge in [-0.05, 0) is 41.2 Å². The van der Waals surface area contributed by atoms with Gasteiger partial charge in [-0.2, -0.15) is 0 Å². The van der Waals surface area contributed by atoms with Gasteiger partial charge in [-0.25, -0.2) is 4.79 Å². The van der Waals surface area contributed by atoms with Crippen LogP contribution in [0.5, 0.6) is 0 Å². The first-order chi connectivity index (χ1) is 13.6. The fraction of sp³-hybridized carbons (Fsp3) is 0.429. The van der Waals surface area contributed by atoms with Gasteiger partial charge in [0.1, 0.15) is 0 Å². The topological polar surface area (TPSA) is 59.9 Å². The number of nitrogens with zero attached hydrogens (tertiary/aromatic N) is 4. The van der Waals surface area contributed by atoms with Crippen molar-refractivity contribution in [3.05, 3.63) is 58.4 Å². The summed E-state index contributed by atoms with van der Waals surface area (Å²) in [6, 6.07) is 10.3. The second-order valence-electron chi connectivity index (χ2n) is 8.14. The van der Waals surface area contributed by atoms with E-state index in [-0.39, 0.29) is 0 Å². The Labute approximate surface area is 169 Å². The van der Waals surface area contributed by atoms with Gasteiger partial charge in [0.15, 0.2) is 0 Å². The number of hydrogen-bond donors (Lipinski definition) is 1. The van der Waals surface area contributed by atoms with Gasteiger partial charge < -0.3 is 14.9 Å². The van der Waals surface area contributed by atoms with Gasteiger partial charge in [0.25, 0.3) is 0 Å². The van der Waals surface area contributed by atoms with Crippen LogP contribution in [-0.4, -0.2) is 52.2 Å². The van der Waals surface area contributed by atoms with E-state index in [4.69, 9.17) is 11.6 Å². The lowest BCUT2D eigenvalue weighted by Crippen LogP contribution is -2.32. The van der Waals surface area contributed by atoms with Gasteiger partial charge in [-0.1, -0.05) is 23.7 Å². The Morgan fingerprint density at radius 1 is 1.14 bits per heavy atom. The molecule has 0 spiro atoms. The smallest absolute Gasteiger partial charge is 0.407 e. The lowest BCUT2D eigenvalue weighted by molar-refractivity contribution is 0.148. The zero-order chi connectivity index (χ0) is 19.3. The molecule has 5 rings (SSSR count). The van der Waals surface area contributed by atoms with Gasteiger partial charge >= 0.3 is 6.09 Å². The first-order valence-electron chi connectivity index (χ1n) is 9.73. The van der Waals surface area contributed by atoms with Gasteiger partial charge in [-0.15, -0.1) is 0 Å². The number of likely N-dealkylation sites (tertiary alicyclic amines) is 2. The summed E-state index contributed by atoms with van der Waals surface area (Å²) in [5.74, 6) is 0.902. The average Bonchev–Trinajstić information content (AvgIpc) is 3.35. The summed E-state index contributed by atoms with van der Waals surface area (Å²) >= 11 is 6.33. The Bertz CT molecular complexity index is 882. The second-order valence-corrected chi connectivity index (χ2v) is 8.58. The van der Waals surface area contributed by atoms with E-state index in [1.54, 1.807) is 4.90 Å². The highest BCUT2D eigenvalue weighted by Crippen LogP contribution is 2.35. The standard InChI is InChI=1S/C21H23ClN4O2/c22-18-4-3-15(7-24-8-16-11-26(21(27)28)12-17(16)9-24)20(6-18)25-10-14-2-1-5-23-19(14)13-25/h1-6,16-17H,7-13H2,(H,27,28). The number of carbonyl (C=O) groups is 1. The van der Waals surface area contributed by atoms with Crippen LogP contribution in [0.3, 0.4) is 0 Å². The first kappa shape index (κ1) is 17.8. The maximum Gasteiger partial charge on any atom is 0.407 e. The maximum atomic E-state index is 11.2. The molecule has 2 aromatic rings. The highest BCUT2D eigenvalue weighted by atomic mass is 35.5. The van der Waals surface area contributed by atoms with Crippen LogP contribution < -0.4 is 4.90 Å². The first-order valence-corrected chi connectivity index (χ1v) is 10.1. The van der Waals surface area contributed by atoms with Crippen molar-refractivity contribution in [3.63, 3.8) is 0 Å². The molecule has 3 aliphatic heterocycles. The molecule has 0 bridgehead atoms. The molecule has 0 radical (unpaired) electrons. The summed E-state index contributed by atoms with van der Waals surface area (Å²) in [5, 5.41) is 9.96. The minimum absolute atomic E-state index is 0.451. The van der Waals surface area contributed by atoms with Crippen molar-refractivity contribution in [1.82, 2.24) is 14.8 Å². The van der Waals surface area contributed by atoms with Crippen molar-refractivity contribution in [2.75, 3.05) is 31.1 Å². The number of pyridine rings is 1. The molecule has 6 nitrogen and oxygen atoms in total. The SMILES string of the molecule is O=C(O)N1CC2CN(Cc3ccc(Cl)cc3N3Cc4cccnc4C3)CC2C1. The number of carboxylic acid groups (broad SMARTS) is 1. The molecule has 1 aromatic carbocycles. The second kappa shape index (κ2) is 6.94. The molecular weight excluding hydrogens is 376 g/mol. The van der Waals surface area contributed by atoms with E-state index < -0.39 is 6.09 Å². The van der Waals surface area contributed by atoms with Crippen LogP contribution in [0, 0.1) is 11.8 Å². The zero-order valence-electron chi connectivity index (χ0n) is 15.6. The molecule has 1 N–H and O–H groups in total. The van der Waals surface area contributed by atoms with Crippen molar-refractivity contribution in [2.45, 2.75) is 19.6 Å². The number of fused-ring (bicyclic) bond motifs is 2. The molecule has 7 heteroatoms. The van der Waals surface area contributed by atoms with Crippen LogP contribution in [0.15, 0.2) is 36.5 Å². The summed E-state index contributed by atoms with van der Waals surface area (Å²) in [5.41, 5.74) is 4.86. The summed E-state index contributed by atoms with van der Waals surface area (Å²) in [6.07, 6.45) is 1.06. The summed E-state index contributed by atoms with van der Waals surface area (Å²) in [4.78, 5) is 22.1. The molecule has 2 atom stereocenters. The molecule has 28 heavy (non-hydrogen) atoms. The number of anilines is 1. The number of hydrogen-bond acceptors (Lipinski definition) is 4. The minimum Gasteiger partial charge on any atom is -0.465 e. The fourth-order valence-corrected chi connectivity index (χ4v) is 5.12. The summed E-state index contributed by atoms with van der Waals surface area (Å²) in [6.45, 7) is 5.77. The van der Waals surface area contributed by atoms with Crippen LogP contribution in [0.1, 0.15) is 16.8 Å². The van der Waals surface area contributed by atoms with Crippen molar-refractivity contribution in [1.29, 1.82) is 0 Å². The van der Waals surface area contributed by atoms with Crippen molar-refractivity contribution in [2.24, 2.45) is 11.8 Å². The van der Waals surface area contributed by atoms with Crippen LogP contribution in [0.2, 0.25) is 5.02 Å². The third-order valence-corrected chi connectivity index (χ3v) is 6.54. The van der Waals surface area contributed by atoms with E-state index in [0.717, 1.165) is 43.4 Å². The molecule has 2 unspecified atom stereocenters. The molecule has 0 saturated carbocycles.